The summed E-state index contributed by atoms with van der Waals surface area (Å²) in [6.45, 7) is 0. The number of rotatable bonds is 4. The SMILES string of the molecule is O=C(CC1SC(=Nc2ccccc2)NC1=O)Nc1ccc2ccccc2c1. The predicted octanol–water partition coefficient (Wildman–Crippen LogP) is 4.09. The zero-order valence-electron chi connectivity index (χ0n) is 14.4. The minimum atomic E-state index is -0.479. The van der Waals surface area contributed by atoms with Gasteiger partial charge in [-0.15, -0.1) is 0 Å². The molecule has 0 aliphatic carbocycles. The van der Waals surface area contributed by atoms with Crippen molar-refractivity contribution in [1.29, 1.82) is 0 Å². The summed E-state index contributed by atoms with van der Waals surface area (Å²) in [5.74, 6) is -0.387. The average Bonchev–Trinajstić information content (AvgIpc) is 3.01. The van der Waals surface area contributed by atoms with Crippen LogP contribution in [-0.4, -0.2) is 22.2 Å². The molecule has 1 aliphatic heterocycles. The van der Waals surface area contributed by atoms with Gasteiger partial charge in [-0.1, -0.05) is 60.3 Å². The fourth-order valence-electron chi connectivity index (χ4n) is 2.86. The number of benzene rings is 3. The number of carbonyl (C=O) groups excluding carboxylic acids is 2. The molecule has 0 bridgehead atoms. The summed E-state index contributed by atoms with van der Waals surface area (Å²) < 4.78 is 0. The molecule has 1 atom stereocenters. The maximum atomic E-state index is 12.4. The molecular weight excluding hydrogens is 358 g/mol. The van der Waals surface area contributed by atoms with E-state index in [1.807, 2.05) is 72.8 Å². The summed E-state index contributed by atoms with van der Waals surface area (Å²) in [6.07, 6.45) is 0.0944. The quantitative estimate of drug-likeness (QED) is 0.722. The van der Waals surface area contributed by atoms with E-state index in [9.17, 15) is 9.59 Å². The highest BCUT2D eigenvalue weighted by atomic mass is 32.2. The van der Waals surface area contributed by atoms with Gasteiger partial charge in [0.1, 0.15) is 5.25 Å². The van der Waals surface area contributed by atoms with Crippen molar-refractivity contribution in [2.45, 2.75) is 11.7 Å². The van der Waals surface area contributed by atoms with Crippen LogP contribution in [0.1, 0.15) is 6.42 Å². The number of hydrogen-bond donors (Lipinski definition) is 2. The van der Waals surface area contributed by atoms with Crippen LogP contribution in [0.15, 0.2) is 77.8 Å². The van der Waals surface area contributed by atoms with E-state index in [0.29, 0.717) is 5.17 Å². The molecule has 2 N–H and O–H groups in total. The largest absolute Gasteiger partial charge is 0.326 e. The van der Waals surface area contributed by atoms with Gasteiger partial charge >= 0.3 is 0 Å². The lowest BCUT2D eigenvalue weighted by molar-refractivity contribution is -0.122. The van der Waals surface area contributed by atoms with Gasteiger partial charge in [-0.25, -0.2) is 4.99 Å². The third-order valence-electron chi connectivity index (χ3n) is 4.17. The number of carbonyl (C=O) groups is 2. The maximum absolute atomic E-state index is 12.4. The molecule has 0 spiro atoms. The van der Waals surface area contributed by atoms with Crippen LogP contribution in [0, 0.1) is 0 Å². The molecule has 0 saturated carbocycles. The van der Waals surface area contributed by atoms with Crippen LogP contribution < -0.4 is 10.6 Å². The van der Waals surface area contributed by atoms with E-state index in [0.717, 1.165) is 22.1 Å². The molecule has 1 saturated heterocycles. The summed E-state index contributed by atoms with van der Waals surface area (Å²) >= 11 is 1.28. The molecule has 1 fully saturated rings. The third-order valence-corrected chi connectivity index (χ3v) is 5.25. The van der Waals surface area contributed by atoms with Crippen molar-refractivity contribution in [3.05, 3.63) is 72.8 Å². The van der Waals surface area contributed by atoms with Crippen LogP contribution in [-0.2, 0) is 9.59 Å². The van der Waals surface area contributed by atoms with Crippen LogP contribution in [0.5, 0.6) is 0 Å². The number of fused-ring (bicyclic) bond motifs is 1. The first kappa shape index (κ1) is 17.3. The molecule has 1 heterocycles. The number of amides is 2. The number of amidine groups is 1. The lowest BCUT2D eigenvalue weighted by Crippen LogP contribution is -2.28. The van der Waals surface area contributed by atoms with Crippen molar-refractivity contribution in [2.75, 3.05) is 5.32 Å². The first-order chi connectivity index (χ1) is 13.2. The third kappa shape index (κ3) is 4.17. The Morgan fingerprint density at radius 2 is 1.74 bits per heavy atom. The summed E-state index contributed by atoms with van der Waals surface area (Å²) in [4.78, 5) is 28.9. The van der Waals surface area contributed by atoms with Gasteiger partial charge < -0.3 is 10.6 Å². The molecule has 3 aromatic rings. The molecule has 2 amide bonds. The van der Waals surface area contributed by atoms with E-state index >= 15 is 0 Å². The second-order valence-corrected chi connectivity index (χ2v) is 7.35. The molecule has 5 nitrogen and oxygen atoms in total. The first-order valence-electron chi connectivity index (χ1n) is 8.57. The maximum Gasteiger partial charge on any atom is 0.240 e. The Morgan fingerprint density at radius 1 is 1.00 bits per heavy atom. The number of nitrogens with zero attached hydrogens (tertiary/aromatic N) is 1. The van der Waals surface area contributed by atoms with E-state index < -0.39 is 5.25 Å². The fourth-order valence-corrected chi connectivity index (χ4v) is 3.85. The van der Waals surface area contributed by atoms with Crippen molar-refractivity contribution < 1.29 is 9.59 Å². The lowest BCUT2D eigenvalue weighted by atomic mass is 10.1. The molecule has 6 heteroatoms. The number of hydrogen-bond acceptors (Lipinski definition) is 4. The van der Waals surface area contributed by atoms with E-state index in [-0.39, 0.29) is 18.2 Å². The second-order valence-electron chi connectivity index (χ2n) is 6.16. The average molecular weight is 375 g/mol. The Balaban J connectivity index is 1.40. The smallest absolute Gasteiger partial charge is 0.240 e. The molecule has 134 valence electrons. The van der Waals surface area contributed by atoms with Gasteiger partial charge in [0, 0.05) is 12.1 Å². The molecule has 1 unspecified atom stereocenters. The Bertz CT molecular complexity index is 1030. The highest BCUT2D eigenvalue weighted by molar-refractivity contribution is 8.15. The summed E-state index contributed by atoms with van der Waals surface area (Å²) in [7, 11) is 0. The molecule has 0 radical (unpaired) electrons. The first-order valence-corrected chi connectivity index (χ1v) is 9.45. The second kappa shape index (κ2) is 7.63. The Hall–Kier alpha value is -3.12. The highest BCUT2D eigenvalue weighted by Gasteiger charge is 2.32. The van der Waals surface area contributed by atoms with Crippen molar-refractivity contribution >= 4 is 50.9 Å². The molecule has 4 rings (SSSR count). The van der Waals surface area contributed by atoms with Gasteiger partial charge in [-0.05, 0) is 35.0 Å². The van der Waals surface area contributed by atoms with Crippen LogP contribution >= 0.6 is 11.8 Å². The normalized spacial score (nSPS) is 17.9. The van der Waals surface area contributed by atoms with Gasteiger partial charge in [0.25, 0.3) is 0 Å². The predicted molar refractivity (Wildman–Crippen MR) is 110 cm³/mol. The van der Waals surface area contributed by atoms with Crippen LogP contribution in [0.25, 0.3) is 10.8 Å². The topological polar surface area (TPSA) is 70.6 Å². The molecular formula is C21H17N3O2S. The number of thioether (sulfide) groups is 1. The zero-order chi connectivity index (χ0) is 18.6. The Labute approximate surface area is 160 Å². The number of para-hydroxylation sites is 1. The van der Waals surface area contributed by atoms with Crippen LogP contribution in [0.2, 0.25) is 0 Å². The van der Waals surface area contributed by atoms with Crippen LogP contribution in [0.3, 0.4) is 0 Å². The molecule has 27 heavy (non-hydrogen) atoms. The zero-order valence-corrected chi connectivity index (χ0v) is 15.2. The summed E-state index contributed by atoms with van der Waals surface area (Å²) in [5, 5.41) is 7.83. The lowest BCUT2D eigenvalue weighted by Gasteiger charge is -2.08. The summed E-state index contributed by atoms with van der Waals surface area (Å²) in [6, 6.07) is 23.1. The van der Waals surface area contributed by atoms with Gasteiger partial charge in [-0.2, -0.15) is 0 Å². The van der Waals surface area contributed by atoms with E-state index in [2.05, 4.69) is 15.6 Å². The minimum Gasteiger partial charge on any atom is -0.326 e. The van der Waals surface area contributed by atoms with Gasteiger partial charge in [-0.3, -0.25) is 9.59 Å². The number of aliphatic imine (C=N–C) groups is 1. The Morgan fingerprint density at radius 3 is 2.56 bits per heavy atom. The molecule has 1 aliphatic rings. The molecule has 0 aromatic heterocycles. The van der Waals surface area contributed by atoms with Crippen LogP contribution in [0.4, 0.5) is 11.4 Å². The minimum absolute atomic E-state index is 0.0944. The monoisotopic (exact) mass is 375 g/mol. The number of anilines is 1. The van der Waals surface area contributed by atoms with E-state index in [1.165, 1.54) is 11.8 Å². The van der Waals surface area contributed by atoms with E-state index in [1.54, 1.807) is 0 Å². The van der Waals surface area contributed by atoms with Crippen molar-refractivity contribution in [2.24, 2.45) is 4.99 Å². The number of nitrogens with one attached hydrogen (secondary N) is 2. The van der Waals surface area contributed by atoms with Gasteiger partial charge in [0.05, 0.1) is 5.69 Å². The van der Waals surface area contributed by atoms with E-state index in [4.69, 9.17) is 0 Å². The Kier molecular flexibility index (Phi) is 4.89. The van der Waals surface area contributed by atoms with Crippen molar-refractivity contribution in [1.82, 2.24) is 5.32 Å². The van der Waals surface area contributed by atoms with Crippen molar-refractivity contribution in [3.63, 3.8) is 0 Å². The summed E-state index contributed by atoms with van der Waals surface area (Å²) in [5.41, 5.74) is 1.49. The van der Waals surface area contributed by atoms with Crippen molar-refractivity contribution in [3.8, 4) is 0 Å². The van der Waals surface area contributed by atoms with Gasteiger partial charge in [0.2, 0.25) is 11.8 Å². The standard InChI is InChI=1S/C21H17N3O2S/c25-19(22-17-11-10-14-6-4-5-7-15(14)12-17)13-18-20(26)24-21(27-18)23-16-8-2-1-3-9-16/h1-12,18H,13H2,(H,22,25)(H,23,24,26). The molecule has 3 aromatic carbocycles. The fraction of sp³-hybridized carbons (Fsp3) is 0.0952. The van der Waals surface area contributed by atoms with Gasteiger partial charge in [0.15, 0.2) is 5.17 Å². The highest BCUT2D eigenvalue weighted by Crippen LogP contribution is 2.26.